The molecule has 0 spiro atoms. The van der Waals surface area contributed by atoms with Gasteiger partial charge in [0.15, 0.2) is 6.10 Å². The van der Waals surface area contributed by atoms with Gasteiger partial charge in [-0.15, -0.1) is 0 Å². The molecule has 73 heavy (non-hydrogen) atoms. The number of ether oxygens (including phenoxy) is 3. The molecule has 0 aliphatic rings. The van der Waals surface area contributed by atoms with E-state index in [2.05, 4.69) is 118 Å². The highest BCUT2D eigenvalue weighted by molar-refractivity contribution is 5.71. The van der Waals surface area contributed by atoms with E-state index >= 15 is 0 Å². The molecule has 0 radical (unpaired) electrons. The molecule has 1 atom stereocenters. The van der Waals surface area contributed by atoms with Crippen molar-refractivity contribution in [3.8, 4) is 0 Å². The molecule has 6 heteroatoms. The Balaban J connectivity index is 4.36. The second-order valence-corrected chi connectivity index (χ2v) is 20.2. The van der Waals surface area contributed by atoms with Crippen molar-refractivity contribution in [2.45, 2.75) is 297 Å². The van der Waals surface area contributed by atoms with Crippen molar-refractivity contribution in [2.75, 3.05) is 13.2 Å². The molecule has 0 N–H and O–H groups in total. The van der Waals surface area contributed by atoms with Crippen LogP contribution in [0.2, 0.25) is 0 Å². The van der Waals surface area contributed by atoms with Crippen molar-refractivity contribution in [3.63, 3.8) is 0 Å². The molecule has 0 aromatic carbocycles. The van der Waals surface area contributed by atoms with Crippen molar-refractivity contribution in [1.29, 1.82) is 0 Å². The molecule has 0 amide bonds. The Morgan fingerprint density at radius 2 is 0.534 bits per heavy atom. The zero-order chi connectivity index (χ0) is 52.9. The number of unbranched alkanes of at least 4 members (excludes halogenated alkanes) is 28. The molecule has 0 saturated carbocycles. The van der Waals surface area contributed by atoms with Crippen LogP contribution in [0, 0.1) is 0 Å². The van der Waals surface area contributed by atoms with Gasteiger partial charge in [-0.2, -0.15) is 0 Å². The lowest BCUT2D eigenvalue weighted by Gasteiger charge is -2.18. The fourth-order valence-electron chi connectivity index (χ4n) is 8.50. The third kappa shape index (κ3) is 59.1. The van der Waals surface area contributed by atoms with Gasteiger partial charge in [0.25, 0.3) is 0 Å². The average molecular weight is 1020 g/mol. The minimum absolute atomic E-state index is 0.0895. The standard InChI is InChI=1S/C67H114O6/c1-4-7-10-13-16-19-22-25-27-29-31-32-33-34-36-37-39-42-45-48-51-54-57-60-66(69)72-63-64(62-71-65(68)59-56-53-50-47-44-41-24-21-18-15-12-9-6-3)73-67(70)61-58-55-52-49-46-43-40-38-35-30-28-26-23-20-17-14-11-8-5-2/h7,9-10,12,16,18-19,21,25-28,31-32,41,44,64H,4-6,8,11,13-15,17,20,22-24,29-30,33-40,42-43,45-63H2,1-3H3/b10-7-,12-9-,19-16-,21-18-,27-25-,28-26-,32-31-,44-41-. The highest BCUT2D eigenvalue weighted by atomic mass is 16.6. The molecule has 418 valence electrons. The first-order valence-electron chi connectivity index (χ1n) is 30.7. The predicted molar refractivity (Wildman–Crippen MR) is 316 cm³/mol. The fraction of sp³-hybridized carbons (Fsp3) is 0.716. The molecule has 0 rings (SSSR count). The van der Waals surface area contributed by atoms with Gasteiger partial charge in [0, 0.05) is 19.3 Å². The number of hydrogen-bond donors (Lipinski definition) is 0. The number of carbonyl (C=O) groups excluding carboxylic acids is 3. The monoisotopic (exact) mass is 1010 g/mol. The van der Waals surface area contributed by atoms with Gasteiger partial charge in [-0.3, -0.25) is 14.4 Å². The maximum atomic E-state index is 12.9. The summed E-state index contributed by atoms with van der Waals surface area (Å²) >= 11 is 0. The first-order chi connectivity index (χ1) is 36.0. The Hall–Kier alpha value is -3.67. The summed E-state index contributed by atoms with van der Waals surface area (Å²) in [4.78, 5) is 38.2. The van der Waals surface area contributed by atoms with Crippen molar-refractivity contribution < 1.29 is 28.6 Å². The molecule has 0 aromatic rings. The molecule has 0 fully saturated rings. The molecule has 0 aliphatic carbocycles. The predicted octanol–water partition coefficient (Wildman–Crippen LogP) is 20.9. The zero-order valence-electron chi connectivity index (χ0n) is 47.9. The second kappa shape index (κ2) is 60.9. The van der Waals surface area contributed by atoms with Gasteiger partial charge in [-0.1, -0.05) is 253 Å². The van der Waals surface area contributed by atoms with E-state index in [1.807, 2.05) is 0 Å². The number of hydrogen-bond acceptors (Lipinski definition) is 6. The lowest BCUT2D eigenvalue weighted by atomic mass is 10.0. The molecule has 0 heterocycles. The first kappa shape index (κ1) is 69.3. The number of allylic oxidation sites excluding steroid dienone is 16. The summed E-state index contributed by atoms with van der Waals surface area (Å²) < 4.78 is 16.9. The van der Waals surface area contributed by atoms with Crippen LogP contribution in [0.4, 0.5) is 0 Å². The molecule has 1 unspecified atom stereocenters. The lowest BCUT2D eigenvalue weighted by Crippen LogP contribution is -2.30. The normalized spacial score (nSPS) is 12.8. The Labute approximate surface area is 451 Å². The number of esters is 3. The van der Waals surface area contributed by atoms with E-state index in [1.165, 1.54) is 141 Å². The summed E-state index contributed by atoms with van der Waals surface area (Å²) in [6.45, 7) is 6.40. The summed E-state index contributed by atoms with van der Waals surface area (Å²) in [5.74, 6) is -0.919. The van der Waals surface area contributed by atoms with E-state index in [1.54, 1.807) is 0 Å². The fourth-order valence-corrected chi connectivity index (χ4v) is 8.50. The molecule has 6 nitrogen and oxygen atoms in total. The van der Waals surface area contributed by atoms with Gasteiger partial charge in [-0.25, -0.2) is 0 Å². The van der Waals surface area contributed by atoms with E-state index in [-0.39, 0.29) is 31.1 Å². The van der Waals surface area contributed by atoms with Crippen LogP contribution in [0.3, 0.4) is 0 Å². The Morgan fingerprint density at radius 1 is 0.288 bits per heavy atom. The molecule has 0 saturated heterocycles. The third-order valence-corrected chi connectivity index (χ3v) is 13.1. The summed E-state index contributed by atoms with van der Waals surface area (Å²) in [6.07, 6.45) is 81.2. The lowest BCUT2D eigenvalue weighted by molar-refractivity contribution is -0.167. The summed E-state index contributed by atoms with van der Waals surface area (Å²) in [6, 6.07) is 0. The summed E-state index contributed by atoms with van der Waals surface area (Å²) in [5.41, 5.74) is 0. The summed E-state index contributed by atoms with van der Waals surface area (Å²) in [5, 5.41) is 0. The van der Waals surface area contributed by atoms with Crippen LogP contribution in [0.25, 0.3) is 0 Å². The SMILES string of the molecule is CC/C=C\C/C=C\C/C=C\C/C=C\CCCCCCCCCCCCC(=O)OCC(COC(=O)CCCCC/C=C\C/C=C\C/C=C\CC)OC(=O)CCCCCCCCCCC/C=C\CCCCCCCC. The Morgan fingerprint density at radius 3 is 0.863 bits per heavy atom. The van der Waals surface area contributed by atoms with Crippen LogP contribution in [0.1, 0.15) is 290 Å². The minimum atomic E-state index is -0.794. The van der Waals surface area contributed by atoms with Crippen molar-refractivity contribution >= 4 is 17.9 Å². The minimum Gasteiger partial charge on any atom is -0.462 e. The van der Waals surface area contributed by atoms with Crippen LogP contribution < -0.4 is 0 Å². The van der Waals surface area contributed by atoms with Gasteiger partial charge in [0.1, 0.15) is 13.2 Å². The van der Waals surface area contributed by atoms with E-state index in [4.69, 9.17) is 14.2 Å². The topological polar surface area (TPSA) is 78.9 Å². The second-order valence-electron chi connectivity index (χ2n) is 20.2. The Kier molecular flexibility index (Phi) is 57.8. The van der Waals surface area contributed by atoms with Crippen LogP contribution in [-0.4, -0.2) is 37.2 Å². The molecular formula is C67H114O6. The molecule has 0 aromatic heterocycles. The van der Waals surface area contributed by atoms with Gasteiger partial charge in [0.05, 0.1) is 0 Å². The van der Waals surface area contributed by atoms with Crippen LogP contribution >= 0.6 is 0 Å². The third-order valence-electron chi connectivity index (χ3n) is 13.1. The Bertz CT molecular complexity index is 1440. The molecule has 0 bridgehead atoms. The van der Waals surface area contributed by atoms with Crippen LogP contribution in [-0.2, 0) is 28.6 Å². The van der Waals surface area contributed by atoms with Gasteiger partial charge < -0.3 is 14.2 Å². The number of rotatable bonds is 55. The molecule has 0 aliphatic heterocycles. The summed E-state index contributed by atoms with van der Waals surface area (Å²) in [7, 11) is 0. The van der Waals surface area contributed by atoms with Gasteiger partial charge in [0.2, 0.25) is 0 Å². The van der Waals surface area contributed by atoms with E-state index in [9.17, 15) is 14.4 Å². The van der Waals surface area contributed by atoms with Crippen molar-refractivity contribution in [3.05, 3.63) is 97.2 Å². The van der Waals surface area contributed by atoms with Crippen LogP contribution in [0.15, 0.2) is 97.2 Å². The highest BCUT2D eigenvalue weighted by Crippen LogP contribution is 2.16. The average Bonchev–Trinajstić information content (AvgIpc) is 3.39. The highest BCUT2D eigenvalue weighted by Gasteiger charge is 2.19. The van der Waals surface area contributed by atoms with Crippen molar-refractivity contribution in [1.82, 2.24) is 0 Å². The first-order valence-corrected chi connectivity index (χ1v) is 30.7. The largest absolute Gasteiger partial charge is 0.462 e. The molecular weight excluding hydrogens is 901 g/mol. The van der Waals surface area contributed by atoms with Gasteiger partial charge >= 0.3 is 17.9 Å². The number of carbonyl (C=O) groups is 3. The van der Waals surface area contributed by atoms with E-state index < -0.39 is 6.10 Å². The zero-order valence-corrected chi connectivity index (χ0v) is 47.9. The quantitative estimate of drug-likeness (QED) is 0.0261. The van der Waals surface area contributed by atoms with Crippen molar-refractivity contribution in [2.24, 2.45) is 0 Å². The maximum Gasteiger partial charge on any atom is 0.306 e. The van der Waals surface area contributed by atoms with Crippen LogP contribution in [0.5, 0.6) is 0 Å². The smallest absolute Gasteiger partial charge is 0.306 e. The van der Waals surface area contributed by atoms with E-state index in [0.717, 1.165) is 109 Å². The maximum absolute atomic E-state index is 12.9. The van der Waals surface area contributed by atoms with Gasteiger partial charge in [-0.05, 0) is 116 Å². The van der Waals surface area contributed by atoms with E-state index in [0.29, 0.717) is 19.3 Å².